The lowest BCUT2D eigenvalue weighted by Gasteiger charge is -2.12. The van der Waals surface area contributed by atoms with E-state index >= 15 is 0 Å². The van der Waals surface area contributed by atoms with Crippen LogP contribution in [-0.4, -0.2) is 51.1 Å². The third kappa shape index (κ3) is 8.58. The van der Waals surface area contributed by atoms with E-state index in [0.717, 1.165) is 50.0 Å². The van der Waals surface area contributed by atoms with Crippen LogP contribution in [0.4, 0.5) is 0 Å². The Balaban J connectivity index is 2.34. The topological polar surface area (TPSA) is 39.7 Å². The first-order valence-corrected chi connectivity index (χ1v) is 7.91. The second-order valence-electron chi connectivity index (χ2n) is 5.22. The first-order valence-electron chi connectivity index (χ1n) is 7.53. The van der Waals surface area contributed by atoms with Crippen LogP contribution < -0.4 is 10.6 Å². The molecule has 0 atom stereocenters. The molecule has 0 bridgehead atoms. The molecule has 5 heteroatoms. The van der Waals surface area contributed by atoms with Crippen LogP contribution >= 0.6 is 11.6 Å². The molecule has 4 nitrogen and oxygen atoms in total. The molecule has 0 heterocycles. The maximum Gasteiger partial charge on any atom is 0.191 e. The maximum atomic E-state index is 5.99. The smallest absolute Gasteiger partial charge is 0.191 e. The molecule has 0 spiro atoms. The second-order valence-corrected chi connectivity index (χ2v) is 5.66. The predicted molar refractivity (Wildman–Crippen MR) is 92.3 cm³/mol. The largest absolute Gasteiger partial charge is 0.357 e. The summed E-state index contributed by atoms with van der Waals surface area (Å²) in [5.41, 5.74) is 1.23. The van der Waals surface area contributed by atoms with Gasteiger partial charge in [-0.05, 0) is 58.1 Å². The van der Waals surface area contributed by atoms with Crippen LogP contribution in [0.15, 0.2) is 29.3 Å². The van der Waals surface area contributed by atoms with Crippen molar-refractivity contribution < 1.29 is 0 Å². The first kappa shape index (κ1) is 17.8. The molecule has 0 aliphatic rings. The van der Waals surface area contributed by atoms with Gasteiger partial charge in [-0.1, -0.05) is 23.7 Å². The summed E-state index contributed by atoms with van der Waals surface area (Å²) in [7, 11) is 4.16. The molecule has 1 rings (SSSR count). The third-order valence-electron chi connectivity index (χ3n) is 2.97. The Hall–Kier alpha value is -1.26. The van der Waals surface area contributed by atoms with Crippen molar-refractivity contribution >= 4 is 17.6 Å². The lowest BCUT2D eigenvalue weighted by molar-refractivity contribution is 0.403. The van der Waals surface area contributed by atoms with E-state index in [4.69, 9.17) is 11.6 Å². The Labute approximate surface area is 133 Å². The Kier molecular flexibility index (Phi) is 8.87. The molecule has 118 valence electrons. The van der Waals surface area contributed by atoms with Gasteiger partial charge in [0.05, 0.1) is 0 Å². The van der Waals surface area contributed by atoms with Gasteiger partial charge in [-0.15, -0.1) is 0 Å². The zero-order chi connectivity index (χ0) is 15.5. The summed E-state index contributed by atoms with van der Waals surface area (Å²) in [5.74, 6) is 0.887. The highest BCUT2D eigenvalue weighted by Crippen LogP contribution is 2.10. The molecule has 2 N–H and O–H groups in total. The predicted octanol–water partition coefficient (Wildman–Crippen LogP) is 2.39. The van der Waals surface area contributed by atoms with Crippen molar-refractivity contribution in [3.63, 3.8) is 0 Å². The Morgan fingerprint density at radius 1 is 1.29 bits per heavy atom. The molecule has 0 amide bonds. The number of hydrogen-bond acceptors (Lipinski definition) is 2. The summed E-state index contributed by atoms with van der Waals surface area (Å²) in [4.78, 5) is 6.75. The summed E-state index contributed by atoms with van der Waals surface area (Å²) < 4.78 is 0. The van der Waals surface area contributed by atoms with Crippen molar-refractivity contribution in [3.05, 3.63) is 34.9 Å². The summed E-state index contributed by atoms with van der Waals surface area (Å²) >= 11 is 5.99. The van der Waals surface area contributed by atoms with Crippen molar-refractivity contribution in [2.45, 2.75) is 19.8 Å². The minimum atomic E-state index is 0.789. The average Bonchev–Trinajstić information content (AvgIpc) is 2.43. The maximum absolute atomic E-state index is 5.99. The standard InChI is InChI=1S/C16H27ClN4/c1-4-18-16(19-10-6-12-21(2)3)20-11-9-14-7-5-8-15(17)13-14/h5,7-8,13H,4,6,9-12H2,1-3H3,(H2,18,19,20). The molecule has 0 aliphatic carbocycles. The summed E-state index contributed by atoms with van der Waals surface area (Å²) in [6.07, 6.45) is 2.00. The fourth-order valence-electron chi connectivity index (χ4n) is 1.94. The van der Waals surface area contributed by atoms with E-state index in [1.165, 1.54) is 5.56 Å². The van der Waals surface area contributed by atoms with Crippen molar-refractivity contribution in [3.8, 4) is 0 Å². The van der Waals surface area contributed by atoms with Gasteiger partial charge in [0.2, 0.25) is 0 Å². The molecule has 0 radical (unpaired) electrons. The van der Waals surface area contributed by atoms with Crippen molar-refractivity contribution in [1.82, 2.24) is 15.5 Å². The van der Waals surface area contributed by atoms with Gasteiger partial charge in [0.1, 0.15) is 0 Å². The number of aliphatic imine (C=N–C) groups is 1. The molecule has 0 saturated carbocycles. The minimum Gasteiger partial charge on any atom is -0.357 e. The van der Waals surface area contributed by atoms with Gasteiger partial charge >= 0.3 is 0 Å². The number of rotatable bonds is 8. The third-order valence-corrected chi connectivity index (χ3v) is 3.21. The number of halogens is 1. The van der Waals surface area contributed by atoms with Crippen LogP contribution in [-0.2, 0) is 6.42 Å². The Morgan fingerprint density at radius 2 is 2.10 bits per heavy atom. The van der Waals surface area contributed by atoms with Gasteiger partial charge in [0, 0.05) is 24.7 Å². The SMILES string of the molecule is CCNC(=NCCCN(C)C)NCCc1cccc(Cl)c1. The van der Waals surface area contributed by atoms with Crippen LogP contribution in [0.3, 0.4) is 0 Å². The number of benzene rings is 1. The zero-order valence-electron chi connectivity index (χ0n) is 13.3. The second kappa shape index (κ2) is 10.5. The molecule has 21 heavy (non-hydrogen) atoms. The fraction of sp³-hybridized carbons (Fsp3) is 0.562. The van der Waals surface area contributed by atoms with Gasteiger partial charge in [0.15, 0.2) is 5.96 Å². The quantitative estimate of drug-likeness (QED) is 0.440. The molecule has 0 saturated heterocycles. The average molecular weight is 311 g/mol. The normalized spacial score (nSPS) is 11.8. The molecule has 0 fully saturated rings. The molecule has 0 unspecified atom stereocenters. The Bertz CT molecular complexity index is 432. The van der Waals surface area contributed by atoms with Crippen molar-refractivity contribution in [2.75, 3.05) is 40.3 Å². The highest BCUT2D eigenvalue weighted by atomic mass is 35.5. The number of guanidine groups is 1. The van der Waals surface area contributed by atoms with Gasteiger partial charge in [0.25, 0.3) is 0 Å². The van der Waals surface area contributed by atoms with Crippen molar-refractivity contribution in [2.24, 2.45) is 4.99 Å². The summed E-state index contributed by atoms with van der Waals surface area (Å²) in [6.45, 7) is 5.70. The van der Waals surface area contributed by atoms with E-state index in [9.17, 15) is 0 Å². The van der Waals surface area contributed by atoms with E-state index in [1.54, 1.807) is 0 Å². The van der Waals surface area contributed by atoms with E-state index in [-0.39, 0.29) is 0 Å². The van der Waals surface area contributed by atoms with E-state index < -0.39 is 0 Å². The fourth-order valence-corrected chi connectivity index (χ4v) is 2.15. The molecule has 0 aromatic heterocycles. The van der Waals surface area contributed by atoms with Gasteiger partial charge < -0.3 is 15.5 Å². The molecular formula is C16H27ClN4. The van der Waals surface area contributed by atoms with Gasteiger partial charge in [-0.25, -0.2) is 0 Å². The highest BCUT2D eigenvalue weighted by molar-refractivity contribution is 6.30. The highest BCUT2D eigenvalue weighted by Gasteiger charge is 1.98. The van der Waals surface area contributed by atoms with Crippen LogP contribution in [0, 0.1) is 0 Å². The molecule has 1 aromatic rings. The summed E-state index contributed by atoms with van der Waals surface area (Å²) in [5, 5.41) is 7.42. The first-order chi connectivity index (χ1) is 10.1. The van der Waals surface area contributed by atoms with E-state index in [0.29, 0.717) is 0 Å². The van der Waals surface area contributed by atoms with Crippen LogP contribution in [0.2, 0.25) is 5.02 Å². The molecular weight excluding hydrogens is 284 g/mol. The van der Waals surface area contributed by atoms with Crippen molar-refractivity contribution in [1.29, 1.82) is 0 Å². The lowest BCUT2D eigenvalue weighted by atomic mass is 10.1. The Morgan fingerprint density at radius 3 is 2.76 bits per heavy atom. The number of nitrogens with zero attached hydrogens (tertiary/aromatic N) is 2. The van der Waals surface area contributed by atoms with E-state index in [2.05, 4.69) is 47.6 Å². The van der Waals surface area contributed by atoms with Crippen LogP contribution in [0.1, 0.15) is 18.9 Å². The minimum absolute atomic E-state index is 0.789. The monoisotopic (exact) mass is 310 g/mol. The van der Waals surface area contributed by atoms with E-state index in [1.807, 2.05) is 18.2 Å². The zero-order valence-corrected chi connectivity index (χ0v) is 14.1. The summed E-state index contributed by atoms with van der Waals surface area (Å²) in [6, 6.07) is 7.98. The molecule has 1 aromatic carbocycles. The number of nitrogens with one attached hydrogen (secondary N) is 2. The van der Waals surface area contributed by atoms with Gasteiger partial charge in [-0.2, -0.15) is 0 Å². The lowest BCUT2D eigenvalue weighted by Crippen LogP contribution is -2.38. The van der Waals surface area contributed by atoms with Gasteiger partial charge in [-0.3, -0.25) is 4.99 Å². The number of hydrogen-bond donors (Lipinski definition) is 2. The van der Waals surface area contributed by atoms with Crippen LogP contribution in [0.5, 0.6) is 0 Å². The van der Waals surface area contributed by atoms with Crippen LogP contribution in [0.25, 0.3) is 0 Å². The molecule has 0 aliphatic heterocycles.